The molecule has 1 N–H and O–H groups in total. The molecule has 2 aromatic heterocycles. The minimum atomic E-state index is -4.36. The standard InChI is InChI=1S/C18H18F3N5O2/c1-25-16-14(10-24-25)17(28)26(11-23-16)9-7-15(27)22-8-6-12-2-4-13(5-3-12)18(19,20)21/h2-5,10-11H,6-9H2,1H3,(H,22,27). The minimum Gasteiger partial charge on any atom is -0.356 e. The molecule has 0 unspecified atom stereocenters. The largest absolute Gasteiger partial charge is 0.416 e. The van der Waals surface area contributed by atoms with E-state index in [4.69, 9.17) is 0 Å². The number of carbonyl (C=O) groups excluding carboxylic acids is 1. The molecule has 0 aliphatic rings. The van der Waals surface area contributed by atoms with Crippen molar-refractivity contribution < 1.29 is 18.0 Å². The van der Waals surface area contributed by atoms with Gasteiger partial charge >= 0.3 is 6.18 Å². The molecule has 0 aliphatic carbocycles. The number of benzene rings is 1. The van der Waals surface area contributed by atoms with Crippen molar-refractivity contribution in [3.05, 3.63) is 58.3 Å². The number of fused-ring (bicyclic) bond motifs is 1. The van der Waals surface area contributed by atoms with Crippen molar-refractivity contribution in [3.8, 4) is 0 Å². The third-order valence-corrected chi connectivity index (χ3v) is 4.32. The zero-order valence-electron chi connectivity index (χ0n) is 15.0. The zero-order valence-corrected chi connectivity index (χ0v) is 15.0. The van der Waals surface area contributed by atoms with E-state index in [-0.39, 0.29) is 24.4 Å². The number of nitrogens with one attached hydrogen (secondary N) is 1. The Morgan fingerprint density at radius 1 is 1.21 bits per heavy atom. The molecule has 0 spiro atoms. The second kappa shape index (κ2) is 7.83. The van der Waals surface area contributed by atoms with Gasteiger partial charge in [-0.15, -0.1) is 0 Å². The Morgan fingerprint density at radius 2 is 1.93 bits per heavy atom. The Bertz CT molecular complexity index is 1040. The maximum Gasteiger partial charge on any atom is 0.416 e. The number of hydrogen-bond donors (Lipinski definition) is 1. The molecule has 0 radical (unpaired) electrons. The van der Waals surface area contributed by atoms with Crippen LogP contribution in [0.5, 0.6) is 0 Å². The summed E-state index contributed by atoms with van der Waals surface area (Å²) in [4.78, 5) is 28.4. The summed E-state index contributed by atoms with van der Waals surface area (Å²) in [5.74, 6) is -0.259. The molecule has 0 saturated carbocycles. The minimum absolute atomic E-state index is 0.0837. The lowest BCUT2D eigenvalue weighted by Gasteiger charge is -2.09. The summed E-state index contributed by atoms with van der Waals surface area (Å²) < 4.78 is 40.4. The van der Waals surface area contributed by atoms with Gasteiger partial charge in [0, 0.05) is 26.6 Å². The summed E-state index contributed by atoms with van der Waals surface area (Å²) in [5, 5.41) is 7.06. The van der Waals surface area contributed by atoms with Gasteiger partial charge in [-0.05, 0) is 24.1 Å². The van der Waals surface area contributed by atoms with Crippen molar-refractivity contribution in [3.63, 3.8) is 0 Å². The Morgan fingerprint density at radius 3 is 2.61 bits per heavy atom. The van der Waals surface area contributed by atoms with Gasteiger partial charge in [-0.25, -0.2) is 4.98 Å². The summed E-state index contributed by atoms with van der Waals surface area (Å²) in [7, 11) is 1.68. The summed E-state index contributed by atoms with van der Waals surface area (Å²) in [6.45, 7) is 0.460. The van der Waals surface area contributed by atoms with Gasteiger partial charge < -0.3 is 5.32 Å². The van der Waals surface area contributed by atoms with Crippen LogP contribution < -0.4 is 10.9 Å². The fraction of sp³-hybridized carbons (Fsp3) is 0.333. The number of aromatic nitrogens is 4. The molecule has 0 atom stereocenters. The van der Waals surface area contributed by atoms with Crippen LogP contribution >= 0.6 is 0 Å². The van der Waals surface area contributed by atoms with Gasteiger partial charge in [-0.1, -0.05) is 12.1 Å². The number of nitrogens with zero attached hydrogens (tertiary/aromatic N) is 4. The molecule has 0 bridgehead atoms. The molecule has 3 rings (SSSR count). The first-order valence-electron chi connectivity index (χ1n) is 8.55. The van der Waals surface area contributed by atoms with Crippen molar-refractivity contribution >= 4 is 16.9 Å². The average Bonchev–Trinajstić information content (AvgIpc) is 3.03. The molecule has 0 fully saturated rings. The Kier molecular flexibility index (Phi) is 5.48. The number of alkyl halides is 3. The molecule has 28 heavy (non-hydrogen) atoms. The molecule has 1 aromatic carbocycles. The van der Waals surface area contributed by atoms with Crippen LogP contribution in [0.25, 0.3) is 11.0 Å². The second-order valence-electron chi connectivity index (χ2n) is 6.29. The highest BCUT2D eigenvalue weighted by Gasteiger charge is 2.29. The van der Waals surface area contributed by atoms with Crippen molar-refractivity contribution in [1.82, 2.24) is 24.6 Å². The van der Waals surface area contributed by atoms with E-state index >= 15 is 0 Å². The van der Waals surface area contributed by atoms with Crippen LogP contribution in [-0.4, -0.2) is 31.8 Å². The highest BCUT2D eigenvalue weighted by atomic mass is 19.4. The third kappa shape index (κ3) is 4.38. The van der Waals surface area contributed by atoms with E-state index in [0.29, 0.717) is 29.6 Å². The van der Waals surface area contributed by atoms with E-state index in [9.17, 15) is 22.8 Å². The van der Waals surface area contributed by atoms with Gasteiger partial charge in [0.05, 0.1) is 18.1 Å². The lowest BCUT2D eigenvalue weighted by atomic mass is 10.1. The van der Waals surface area contributed by atoms with E-state index in [0.717, 1.165) is 12.1 Å². The van der Waals surface area contributed by atoms with Crippen molar-refractivity contribution in [2.45, 2.75) is 25.6 Å². The van der Waals surface area contributed by atoms with E-state index in [1.807, 2.05) is 0 Å². The Labute approximate surface area is 157 Å². The summed E-state index contributed by atoms with van der Waals surface area (Å²) in [6.07, 6.45) is -1.06. The van der Waals surface area contributed by atoms with Crippen molar-refractivity contribution in [2.24, 2.45) is 7.05 Å². The average molecular weight is 393 g/mol. The van der Waals surface area contributed by atoms with E-state index < -0.39 is 11.7 Å². The number of rotatable bonds is 6. The summed E-state index contributed by atoms with van der Waals surface area (Å²) in [5.41, 5.74) is 0.193. The highest BCUT2D eigenvalue weighted by molar-refractivity contribution is 5.76. The number of carbonyl (C=O) groups is 1. The first kappa shape index (κ1) is 19.6. The molecule has 10 heteroatoms. The van der Waals surface area contributed by atoms with Crippen LogP contribution in [-0.2, 0) is 31.0 Å². The normalized spacial score (nSPS) is 11.7. The van der Waals surface area contributed by atoms with Gasteiger partial charge in [-0.3, -0.25) is 18.8 Å². The van der Waals surface area contributed by atoms with E-state index in [2.05, 4.69) is 15.4 Å². The van der Waals surface area contributed by atoms with E-state index in [1.165, 1.54) is 33.9 Å². The van der Waals surface area contributed by atoms with Crippen LogP contribution in [0.15, 0.2) is 41.6 Å². The number of hydrogen-bond acceptors (Lipinski definition) is 4. The van der Waals surface area contributed by atoms with Crippen LogP contribution in [0.1, 0.15) is 17.5 Å². The van der Waals surface area contributed by atoms with Crippen LogP contribution in [0.4, 0.5) is 13.2 Å². The first-order valence-corrected chi connectivity index (χ1v) is 8.55. The lowest BCUT2D eigenvalue weighted by Crippen LogP contribution is -2.29. The van der Waals surface area contributed by atoms with Gasteiger partial charge in [0.25, 0.3) is 5.56 Å². The molecular weight excluding hydrogens is 375 g/mol. The molecular formula is C18H18F3N5O2. The Balaban J connectivity index is 1.49. The number of halogens is 3. The SMILES string of the molecule is Cn1ncc2c(=O)n(CCC(=O)NCCc3ccc(C(F)(F)F)cc3)cnc21. The molecule has 3 aromatic rings. The van der Waals surface area contributed by atoms with Crippen LogP contribution in [0.3, 0.4) is 0 Å². The van der Waals surface area contributed by atoms with Gasteiger partial charge in [0.15, 0.2) is 5.65 Å². The summed E-state index contributed by atoms with van der Waals surface area (Å²) >= 11 is 0. The maximum absolute atomic E-state index is 12.5. The van der Waals surface area contributed by atoms with E-state index in [1.54, 1.807) is 7.05 Å². The van der Waals surface area contributed by atoms with Crippen LogP contribution in [0.2, 0.25) is 0 Å². The van der Waals surface area contributed by atoms with Gasteiger partial charge in [0.2, 0.25) is 5.91 Å². The summed E-state index contributed by atoms with van der Waals surface area (Å²) in [6, 6.07) is 4.82. The molecule has 0 aliphatic heterocycles. The topological polar surface area (TPSA) is 81.8 Å². The maximum atomic E-state index is 12.5. The highest BCUT2D eigenvalue weighted by Crippen LogP contribution is 2.29. The van der Waals surface area contributed by atoms with Crippen molar-refractivity contribution in [1.29, 1.82) is 0 Å². The second-order valence-corrected chi connectivity index (χ2v) is 6.29. The third-order valence-electron chi connectivity index (χ3n) is 4.32. The molecule has 0 saturated heterocycles. The Hall–Kier alpha value is -3.17. The smallest absolute Gasteiger partial charge is 0.356 e. The lowest BCUT2D eigenvalue weighted by molar-refractivity contribution is -0.137. The molecule has 148 valence electrons. The predicted molar refractivity (Wildman–Crippen MR) is 95.5 cm³/mol. The monoisotopic (exact) mass is 393 g/mol. The molecule has 1 amide bonds. The fourth-order valence-corrected chi connectivity index (χ4v) is 2.74. The van der Waals surface area contributed by atoms with Gasteiger partial charge in [0.1, 0.15) is 5.39 Å². The number of amides is 1. The quantitative estimate of drug-likeness (QED) is 0.694. The molecule has 7 nitrogen and oxygen atoms in total. The zero-order chi connectivity index (χ0) is 20.3. The fourth-order valence-electron chi connectivity index (χ4n) is 2.74. The number of aryl methyl sites for hydroxylation is 2. The predicted octanol–water partition coefficient (Wildman–Crippen LogP) is 1.90. The molecule has 2 heterocycles. The van der Waals surface area contributed by atoms with Crippen molar-refractivity contribution in [2.75, 3.05) is 6.54 Å². The van der Waals surface area contributed by atoms with Gasteiger partial charge in [-0.2, -0.15) is 18.3 Å². The van der Waals surface area contributed by atoms with Crippen LogP contribution in [0, 0.1) is 0 Å². The first-order chi connectivity index (χ1) is 13.3.